The van der Waals surface area contributed by atoms with Gasteiger partial charge in [-0.25, -0.2) is 0 Å². The van der Waals surface area contributed by atoms with Crippen LogP contribution in [0.25, 0.3) is 27.7 Å². The van der Waals surface area contributed by atoms with Gasteiger partial charge in [0.1, 0.15) is 17.1 Å². The number of methoxy groups -OCH3 is 2. The van der Waals surface area contributed by atoms with Crippen molar-refractivity contribution in [1.82, 2.24) is 5.32 Å². The number of ether oxygens (including phenoxy) is 2. The van der Waals surface area contributed by atoms with E-state index >= 15 is 0 Å². The molecule has 5 nitrogen and oxygen atoms in total. The van der Waals surface area contributed by atoms with Crippen LogP contribution in [0.1, 0.15) is 31.9 Å². The van der Waals surface area contributed by atoms with Crippen molar-refractivity contribution in [2.24, 2.45) is 0 Å². The highest BCUT2D eigenvalue weighted by Crippen LogP contribution is 2.42. The van der Waals surface area contributed by atoms with Crippen LogP contribution in [0.3, 0.4) is 0 Å². The van der Waals surface area contributed by atoms with Gasteiger partial charge in [0.15, 0.2) is 0 Å². The number of carbonyl (C=O) groups is 1. The molecule has 3 rings (SSSR count). The first-order valence-corrected chi connectivity index (χ1v) is 9.58. The molecule has 0 saturated heterocycles. The number of nitrogens with one attached hydrogen (secondary N) is 1. The minimum atomic E-state index is -0.130. The Morgan fingerprint density at radius 2 is 1.86 bits per heavy atom. The number of fused-ring (bicyclic) bond motifs is 1. The van der Waals surface area contributed by atoms with E-state index in [9.17, 15) is 4.79 Å². The Labute approximate surface area is 171 Å². The van der Waals surface area contributed by atoms with Crippen LogP contribution < -0.4 is 14.8 Å². The first-order valence-electron chi connectivity index (χ1n) is 9.58. The molecule has 0 bridgehead atoms. The quantitative estimate of drug-likeness (QED) is 0.573. The Morgan fingerprint density at radius 1 is 1.14 bits per heavy atom. The average molecular weight is 393 g/mol. The summed E-state index contributed by atoms with van der Waals surface area (Å²) in [6.45, 7) is 7.74. The Morgan fingerprint density at radius 3 is 2.52 bits per heavy atom. The van der Waals surface area contributed by atoms with Gasteiger partial charge in [-0.1, -0.05) is 18.2 Å². The molecule has 0 radical (unpaired) electrons. The molecule has 0 aliphatic carbocycles. The van der Waals surface area contributed by atoms with Crippen LogP contribution in [0.15, 0.2) is 47.1 Å². The molecule has 0 saturated carbocycles. The second kappa shape index (κ2) is 8.43. The smallest absolute Gasteiger partial charge is 0.244 e. The summed E-state index contributed by atoms with van der Waals surface area (Å²) < 4.78 is 17.1. The summed E-state index contributed by atoms with van der Waals surface area (Å²) in [6.07, 6.45) is 3.34. The van der Waals surface area contributed by atoms with Crippen molar-refractivity contribution >= 4 is 22.4 Å². The average Bonchev–Trinajstić information content (AvgIpc) is 3.11. The molecule has 152 valence electrons. The summed E-state index contributed by atoms with van der Waals surface area (Å²) >= 11 is 0. The van der Waals surface area contributed by atoms with Crippen molar-refractivity contribution < 1.29 is 18.7 Å². The number of carbonyl (C=O) groups excluding carboxylic acids is 1. The lowest BCUT2D eigenvalue weighted by Crippen LogP contribution is -2.28. The van der Waals surface area contributed by atoms with E-state index < -0.39 is 0 Å². The van der Waals surface area contributed by atoms with Gasteiger partial charge < -0.3 is 19.2 Å². The molecular formula is C24H27NO4. The lowest BCUT2D eigenvalue weighted by molar-refractivity contribution is -0.116. The van der Waals surface area contributed by atoms with Gasteiger partial charge in [0.25, 0.3) is 0 Å². The number of rotatable bonds is 6. The molecule has 0 spiro atoms. The third-order valence-electron chi connectivity index (χ3n) is 4.85. The number of furan rings is 1. The molecule has 29 heavy (non-hydrogen) atoms. The number of benzene rings is 2. The van der Waals surface area contributed by atoms with Crippen LogP contribution in [0, 0.1) is 6.92 Å². The van der Waals surface area contributed by atoms with E-state index in [-0.39, 0.29) is 11.9 Å². The largest absolute Gasteiger partial charge is 0.496 e. The Balaban J connectivity index is 2.21. The monoisotopic (exact) mass is 393 g/mol. The van der Waals surface area contributed by atoms with Gasteiger partial charge in [-0.05, 0) is 45.4 Å². The molecule has 0 aliphatic rings. The van der Waals surface area contributed by atoms with Gasteiger partial charge in [0.2, 0.25) is 5.91 Å². The van der Waals surface area contributed by atoms with Crippen molar-refractivity contribution in [3.8, 4) is 22.6 Å². The lowest BCUT2D eigenvalue weighted by Gasteiger charge is -2.14. The zero-order valence-electron chi connectivity index (χ0n) is 17.8. The minimum Gasteiger partial charge on any atom is -0.496 e. The number of para-hydroxylation sites is 1. The third-order valence-corrected chi connectivity index (χ3v) is 4.85. The lowest BCUT2D eigenvalue weighted by atomic mass is 9.96. The number of hydrogen-bond acceptors (Lipinski definition) is 4. The Hall–Kier alpha value is -3.21. The van der Waals surface area contributed by atoms with Crippen molar-refractivity contribution in [2.45, 2.75) is 33.7 Å². The van der Waals surface area contributed by atoms with E-state index in [1.54, 1.807) is 26.6 Å². The summed E-state index contributed by atoms with van der Waals surface area (Å²) in [6, 6.07) is 9.91. The number of hydrogen-bond donors (Lipinski definition) is 1. The van der Waals surface area contributed by atoms with Gasteiger partial charge in [0.05, 0.1) is 20.5 Å². The third kappa shape index (κ3) is 3.99. The van der Waals surface area contributed by atoms with E-state index in [0.29, 0.717) is 5.75 Å². The first kappa shape index (κ1) is 20.5. The topological polar surface area (TPSA) is 60.7 Å². The zero-order chi connectivity index (χ0) is 21.1. The summed E-state index contributed by atoms with van der Waals surface area (Å²) in [5, 5.41) is 3.83. The Bertz CT molecular complexity index is 1080. The van der Waals surface area contributed by atoms with E-state index in [4.69, 9.17) is 13.9 Å². The second-order valence-corrected chi connectivity index (χ2v) is 7.30. The fourth-order valence-electron chi connectivity index (χ4n) is 3.55. The highest BCUT2D eigenvalue weighted by Gasteiger charge is 2.20. The predicted molar refractivity (Wildman–Crippen MR) is 116 cm³/mol. The fraction of sp³-hybridized carbons (Fsp3) is 0.292. The second-order valence-electron chi connectivity index (χ2n) is 7.30. The molecule has 1 heterocycles. The van der Waals surface area contributed by atoms with Crippen molar-refractivity contribution in [2.75, 3.05) is 14.2 Å². The molecule has 1 aromatic heterocycles. The highest BCUT2D eigenvalue weighted by molar-refractivity contribution is 6.02. The highest BCUT2D eigenvalue weighted by atomic mass is 16.5. The van der Waals surface area contributed by atoms with Crippen LogP contribution in [0.4, 0.5) is 0 Å². The van der Waals surface area contributed by atoms with Crippen molar-refractivity contribution in [3.05, 3.63) is 53.8 Å². The van der Waals surface area contributed by atoms with E-state index in [1.165, 1.54) is 0 Å². The number of allylic oxidation sites excluding steroid dienone is 1. The summed E-state index contributed by atoms with van der Waals surface area (Å²) in [4.78, 5) is 12.2. The maximum Gasteiger partial charge on any atom is 0.244 e. The Kier molecular flexibility index (Phi) is 5.97. The van der Waals surface area contributed by atoms with Crippen LogP contribution in [-0.4, -0.2) is 26.2 Å². The molecule has 1 amide bonds. The van der Waals surface area contributed by atoms with E-state index in [2.05, 4.69) is 5.32 Å². The minimum absolute atomic E-state index is 0.0729. The standard InChI is InChI=1S/C24H27NO4/c1-14(2)25-22(26)11-15(3)18-12-19-20(17-9-7-8-10-21(17)27-5)13-29-24(19)16(4)23(18)28-6/h7-14H,1-6H3,(H,25,26)/b15-11+. The van der Waals surface area contributed by atoms with Gasteiger partial charge in [-0.15, -0.1) is 0 Å². The number of aryl methyl sites for hydroxylation is 1. The normalized spacial score (nSPS) is 11.8. The molecule has 0 aliphatic heterocycles. The SMILES string of the molecule is COc1ccccc1-c1coc2c(C)c(OC)c(/C(C)=C/C(=O)NC(C)C)cc12. The van der Waals surface area contributed by atoms with Crippen molar-refractivity contribution in [3.63, 3.8) is 0 Å². The molecule has 0 atom stereocenters. The molecule has 1 N–H and O–H groups in total. The van der Waals surface area contributed by atoms with Crippen LogP contribution >= 0.6 is 0 Å². The van der Waals surface area contributed by atoms with Gasteiger partial charge in [0, 0.05) is 39.8 Å². The first-order chi connectivity index (χ1) is 13.9. The van der Waals surface area contributed by atoms with E-state index in [0.717, 1.165) is 44.5 Å². The van der Waals surface area contributed by atoms with Gasteiger partial charge in [-0.3, -0.25) is 4.79 Å². The van der Waals surface area contributed by atoms with Crippen LogP contribution in [0.5, 0.6) is 11.5 Å². The van der Waals surface area contributed by atoms with Crippen LogP contribution in [0.2, 0.25) is 0 Å². The maximum absolute atomic E-state index is 12.2. The number of amides is 1. The molecule has 2 aromatic carbocycles. The maximum atomic E-state index is 12.2. The van der Waals surface area contributed by atoms with Gasteiger partial charge >= 0.3 is 0 Å². The van der Waals surface area contributed by atoms with E-state index in [1.807, 2.05) is 58.0 Å². The molecule has 0 fully saturated rings. The van der Waals surface area contributed by atoms with Crippen molar-refractivity contribution in [1.29, 1.82) is 0 Å². The summed E-state index contributed by atoms with van der Waals surface area (Å²) in [5.74, 6) is 1.34. The summed E-state index contributed by atoms with van der Waals surface area (Å²) in [7, 11) is 3.28. The molecular weight excluding hydrogens is 366 g/mol. The van der Waals surface area contributed by atoms with Gasteiger partial charge in [-0.2, -0.15) is 0 Å². The molecule has 0 unspecified atom stereocenters. The van der Waals surface area contributed by atoms with Crippen LogP contribution in [-0.2, 0) is 4.79 Å². The summed E-state index contributed by atoms with van der Waals surface area (Å²) in [5.41, 5.74) is 5.20. The fourth-order valence-corrected chi connectivity index (χ4v) is 3.55. The molecule has 3 aromatic rings. The predicted octanol–water partition coefficient (Wildman–Crippen LogP) is 5.35. The molecule has 5 heteroatoms. The zero-order valence-corrected chi connectivity index (χ0v) is 17.8.